The first-order chi connectivity index (χ1) is 17.6. The Morgan fingerprint density at radius 3 is 2.56 bits per heavy atom. The van der Waals surface area contributed by atoms with Crippen LogP contribution in [0.2, 0.25) is 0 Å². The number of anilines is 2. The maximum atomic E-state index is 12.8. The van der Waals surface area contributed by atoms with Crippen LogP contribution in [0.1, 0.15) is 34.5 Å². The number of nitrogens with zero attached hydrogens (tertiary/aromatic N) is 2. The number of likely N-dealkylation sites (tertiary alicyclic amines) is 1. The molecule has 2 heterocycles. The lowest BCUT2D eigenvalue weighted by Crippen LogP contribution is -2.39. The van der Waals surface area contributed by atoms with E-state index in [-0.39, 0.29) is 5.91 Å². The summed E-state index contributed by atoms with van der Waals surface area (Å²) in [5.41, 5.74) is 5.89. The summed E-state index contributed by atoms with van der Waals surface area (Å²) in [5.74, 6) is 0.725. The van der Waals surface area contributed by atoms with Crippen LogP contribution < -0.4 is 10.6 Å². The Morgan fingerprint density at radius 2 is 1.72 bits per heavy atom. The molecule has 0 saturated carbocycles. The number of para-hydroxylation sites is 1. The van der Waals surface area contributed by atoms with E-state index >= 15 is 0 Å². The third-order valence-corrected chi connectivity index (χ3v) is 7.04. The predicted octanol–water partition coefficient (Wildman–Crippen LogP) is 5.97. The molecule has 0 bridgehead atoms. The van der Waals surface area contributed by atoms with Crippen molar-refractivity contribution in [1.82, 2.24) is 15.2 Å². The maximum Gasteiger partial charge on any atom is 0.251 e. The van der Waals surface area contributed by atoms with Crippen LogP contribution in [0, 0.1) is 12.8 Å². The van der Waals surface area contributed by atoms with Gasteiger partial charge in [-0.15, -0.1) is 0 Å². The molecule has 184 valence electrons. The Hall–Kier alpha value is -3.70. The standard InChI is InChI=1S/C31H34N4O/c1-23-20-30(28-12-5-6-13-29(28)33-23)34-27-11-7-10-26(22-27)31(36)32-16-19-35-17-14-25(15-18-35)21-24-8-3-2-4-9-24/h2-13,20,22,25H,14-19,21H2,1H3,(H,32,36)(H,33,34). The Kier molecular flexibility index (Phi) is 7.58. The molecular formula is C31H34N4O. The zero-order valence-electron chi connectivity index (χ0n) is 20.9. The van der Waals surface area contributed by atoms with Gasteiger partial charge < -0.3 is 15.5 Å². The summed E-state index contributed by atoms with van der Waals surface area (Å²) in [7, 11) is 0. The number of fused-ring (bicyclic) bond motifs is 1. The molecule has 1 aliphatic rings. The van der Waals surface area contributed by atoms with E-state index in [1.54, 1.807) is 0 Å². The summed E-state index contributed by atoms with van der Waals surface area (Å²) in [5, 5.41) is 7.65. The van der Waals surface area contributed by atoms with Crippen LogP contribution in [-0.2, 0) is 6.42 Å². The largest absolute Gasteiger partial charge is 0.355 e. The van der Waals surface area contributed by atoms with Gasteiger partial charge in [0.1, 0.15) is 0 Å². The van der Waals surface area contributed by atoms with Crippen molar-refractivity contribution in [3.8, 4) is 0 Å². The molecule has 2 N–H and O–H groups in total. The molecule has 3 aromatic carbocycles. The minimum atomic E-state index is -0.0339. The number of piperidine rings is 1. The van der Waals surface area contributed by atoms with Crippen molar-refractivity contribution in [2.75, 3.05) is 31.5 Å². The highest BCUT2D eigenvalue weighted by molar-refractivity contribution is 5.96. The van der Waals surface area contributed by atoms with Crippen molar-refractivity contribution >= 4 is 28.2 Å². The van der Waals surface area contributed by atoms with Crippen molar-refractivity contribution in [2.24, 2.45) is 5.92 Å². The first-order valence-electron chi connectivity index (χ1n) is 12.9. The fourth-order valence-electron chi connectivity index (χ4n) is 5.10. The van der Waals surface area contributed by atoms with Crippen LogP contribution in [-0.4, -0.2) is 42.0 Å². The van der Waals surface area contributed by atoms with Gasteiger partial charge >= 0.3 is 0 Å². The van der Waals surface area contributed by atoms with Crippen molar-refractivity contribution in [3.05, 3.63) is 102 Å². The van der Waals surface area contributed by atoms with Gasteiger partial charge in [-0.05, 0) is 81.1 Å². The lowest BCUT2D eigenvalue weighted by molar-refractivity contribution is 0.0944. The highest BCUT2D eigenvalue weighted by atomic mass is 16.1. The highest BCUT2D eigenvalue weighted by Crippen LogP contribution is 2.27. The molecule has 1 aromatic heterocycles. The van der Waals surface area contributed by atoms with Gasteiger partial charge in [0.25, 0.3) is 5.91 Å². The zero-order chi connectivity index (χ0) is 24.7. The van der Waals surface area contributed by atoms with Crippen LogP contribution in [0.4, 0.5) is 11.4 Å². The van der Waals surface area contributed by atoms with Crippen LogP contribution in [0.25, 0.3) is 10.9 Å². The second-order valence-corrected chi connectivity index (χ2v) is 9.76. The van der Waals surface area contributed by atoms with E-state index in [0.717, 1.165) is 53.5 Å². The van der Waals surface area contributed by atoms with Crippen LogP contribution in [0.3, 0.4) is 0 Å². The maximum absolute atomic E-state index is 12.8. The zero-order valence-corrected chi connectivity index (χ0v) is 20.9. The number of nitrogens with one attached hydrogen (secondary N) is 2. The Bertz CT molecular complexity index is 1310. The van der Waals surface area contributed by atoms with E-state index in [2.05, 4.69) is 56.9 Å². The van der Waals surface area contributed by atoms with Crippen LogP contribution in [0.15, 0.2) is 84.9 Å². The van der Waals surface area contributed by atoms with Gasteiger partial charge in [0.2, 0.25) is 0 Å². The number of amides is 1. The molecule has 36 heavy (non-hydrogen) atoms. The summed E-state index contributed by atoms with van der Waals surface area (Å²) >= 11 is 0. The lowest BCUT2D eigenvalue weighted by atomic mass is 9.90. The fraction of sp³-hybridized carbons (Fsp3) is 0.290. The summed E-state index contributed by atoms with van der Waals surface area (Å²) in [6, 6.07) is 28.6. The molecule has 5 heteroatoms. The normalized spacial score (nSPS) is 14.6. The first kappa shape index (κ1) is 24.0. The summed E-state index contributed by atoms with van der Waals surface area (Å²) in [4.78, 5) is 19.9. The van der Waals surface area contributed by atoms with Gasteiger partial charge in [0.15, 0.2) is 0 Å². The molecule has 4 aromatic rings. The molecule has 0 aliphatic carbocycles. The first-order valence-corrected chi connectivity index (χ1v) is 12.9. The average Bonchev–Trinajstić information content (AvgIpc) is 2.90. The Labute approximate surface area is 213 Å². The number of benzene rings is 3. The van der Waals surface area contributed by atoms with E-state index in [9.17, 15) is 4.79 Å². The van der Waals surface area contributed by atoms with E-state index < -0.39 is 0 Å². The second kappa shape index (κ2) is 11.4. The molecule has 0 unspecified atom stereocenters. The number of carbonyl (C=O) groups is 1. The minimum Gasteiger partial charge on any atom is -0.355 e. The van der Waals surface area contributed by atoms with Crippen molar-refractivity contribution in [1.29, 1.82) is 0 Å². The number of pyridine rings is 1. The quantitative estimate of drug-likeness (QED) is 0.328. The molecule has 5 rings (SSSR count). The number of rotatable bonds is 8. The molecule has 1 fully saturated rings. The number of hydrogen-bond donors (Lipinski definition) is 2. The molecular weight excluding hydrogens is 444 g/mol. The second-order valence-electron chi connectivity index (χ2n) is 9.76. The third kappa shape index (κ3) is 6.10. The van der Waals surface area contributed by atoms with E-state index in [0.29, 0.717) is 12.1 Å². The Morgan fingerprint density at radius 1 is 0.944 bits per heavy atom. The Balaban J connectivity index is 1.11. The van der Waals surface area contributed by atoms with Crippen LogP contribution in [0.5, 0.6) is 0 Å². The summed E-state index contributed by atoms with van der Waals surface area (Å²) in [6.45, 7) is 5.75. The van der Waals surface area contributed by atoms with Gasteiger partial charge in [0, 0.05) is 41.1 Å². The number of aryl methyl sites for hydroxylation is 1. The van der Waals surface area contributed by atoms with E-state index in [1.165, 1.54) is 24.8 Å². The molecule has 1 aliphatic heterocycles. The molecule has 0 radical (unpaired) electrons. The summed E-state index contributed by atoms with van der Waals surface area (Å²) in [6.07, 6.45) is 3.62. The van der Waals surface area contributed by atoms with Crippen molar-refractivity contribution in [2.45, 2.75) is 26.2 Å². The van der Waals surface area contributed by atoms with Crippen molar-refractivity contribution in [3.63, 3.8) is 0 Å². The van der Waals surface area contributed by atoms with Gasteiger partial charge in [-0.2, -0.15) is 0 Å². The predicted molar refractivity (Wildman–Crippen MR) is 148 cm³/mol. The van der Waals surface area contributed by atoms with Gasteiger partial charge in [-0.25, -0.2) is 0 Å². The molecule has 1 saturated heterocycles. The average molecular weight is 479 g/mol. The van der Waals surface area contributed by atoms with Crippen molar-refractivity contribution < 1.29 is 4.79 Å². The molecule has 1 amide bonds. The summed E-state index contributed by atoms with van der Waals surface area (Å²) < 4.78 is 0. The molecule has 0 atom stereocenters. The lowest BCUT2D eigenvalue weighted by Gasteiger charge is -2.32. The van der Waals surface area contributed by atoms with Crippen LogP contribution >= 0.6 is 0 Å². The monoisotopic (exact) mass is 478 g/mol. The third-order valence-electron chi connectivity index (χ3n) is 7.04. The molecule has 0 spiro atoms. The minimum absolute atomic E-state index is 0.0339. The van der Waals surface area contributed by atoms with Gasteiger partial charge in [0.05, 0.1) is 5.52 Å². The van der Waals surface area contributed by atoms with Gasteiger partial charge in [-0.3, -0.25) is 9.78 Å². The van der Waals surface area contributed by atoms with E-state index in [4.69, 9.17) is 0 Å². The number of hydrogen-bond acceptors (Lipinski definition) is 4. The topological polar surface area (TPSA) is 57.3 Å². The number of carbonyl (C=O) groups excluding carboxylic acids is 1. The number of aromatic nitrogens is 1. The fourth-order valence-corrected chi connectivity index (χ4v) is 5.10. The SMILES string of the molecule is Cc1cc(Nc2cccc(C(=O)NCCN3CCC(Cc4ccccc4)CC3)c2)c2ccccc2n1. The van der Waals surface area contributed by atoms with E-state index in [1.807, 2.05) is 55.5 Å². The highest BCUT2D eigenvalue weighted by Gasteiger charge is 2.19. The molecule has 5 nitrogen and oxygen atoms in total. The van der Waals surface area contributed by atoms with Gasteiger partial charge in [-0.1, -0.05) is 54.6 Å². The smallest absolute Gasteiger partial charge is 0.251 e.